The highest BCUT2D eigenvalue weighted by atomic mass is 15.1. The van der Waals surface area contributed by atoms with Crippen molar-refractivity contribution in [3.8, 4) is 22.3 Å². The highest BCUT2D eigenvalue weighted by Crippen LogP contribution is 2.52. The highest BCUT2D eigenvalue weighted by molar-refractivity contribution is 6.01. The predicted octanol–water partition coefficient (Wildman–Crippen LogP) is 12.6. The summed E-state index contributed by atoms with van der Waals surface area (Å²) in [5.41, 5.74) is 11.2. The molecule has 0 saturated carbocycles. The van der Waals surface area contributed by atoms with Gasteiger partial charge in [-0.05, 0) is 115 Å². The van der Waals surface area contributed by atoms with Crippen LogP contribution in [-0.2, 0) is 5.41 Å². The van der Waals surface area contributed by atoms with Gasteiger partial charge in [0.15, 0.2) is 0 Å². The average Bonchev–Trinajstić information content (AvgIpc) is 3.32. The Labute approximate surface area is 270 Å². The van der Waals surface area contributed by atoms with Gasteiger partial charge in [-0.15, -0.1) is 0 Å². The van der Waals surface area contributed by atoms with E-state index in [9.17, 15) is 0 Å². The fraction of sp³-hybridized carbons (Fsp3) is 0.0667. The molecule has 46 heavy (non-hydrogen) atoms. The van der Waals surface area contributed by atoms with Crippen LogP contribution >= 0.6 is 0 Å². The van der Waals surface area contributed by atoms with Crippen LogP contribution in [0.5, 0.6) is 0 Å². The minimum Gasteiger partial charge on any atom is -0.310 e. The molecule has 0 aromatic heterocycles. The zero-order valence-electron chi connectivity index (χ0n) is 26.0. The van der Waals surface area contributed by atoms with Gasteiger partial charge < -0.3 is 4.90 Å². The lowest BCUT2D eigenvalue weighted by molar-refractivity contribution is 0.661. The van der Waals surface area contributed by atoms with Crippen LogP contribution in [0.15, 0.2) is 164 Å². The predicted molar refractivity (Wildman–Crippen MR) is 197 cm³/mol. The molecule has 8 aromatic rings. The smallest absolute Gasteiger partial charge is 0.0546 e. The van der Waals surface area contributed by atoms with Crippen molar-refractivity contribution >= 4 is 49.4 Å². The van der Waals surface area contributed by atoms with Crippen LogP contribution in [-0.4, -0.2) is 0 Å². The fourth-order valence-electron chi connectivity index (χ4n) is 7.57. The van der Waals surface area contributed by atoms with Gasteiger partial charge in [0.1, 0.15) is 0 Å². The third kappa shape index (κ3) is 4.16. The van der Waals surface area contributed by atoms with Gasteiger partial charge in [0.2, 0.25) is 0 Å². The minimum atomic E-state index is -0.0794. The maximum atomic E-state index is 2.45. The van der Waals surface area contributed by atoms with E-state index in [1.807, 2.05) is 0 Å². The van der Waals surface area contributed by atoms with E-state index in [0.29, 0.717) is 0 Å². The second-order valence-corrected chi connectivity index (χ2v) is 13.0. The fourth-order valence-corrected chi connectivity index (χ4v) is 7.57. The Morgan fingerprint density at radius 3 is 1.61 bits per heavy atom. The molecule has 0 amide bonds. The maximum absolute atomic E-state index is 2.45. The number of fused-ring (bicyclic) bond motifs is 6. The van der Waals surface area contributed by atoms with Crippen LogP contribution in [0, 0.1) is 0 Å². The molecular formula is C45H33N. The molecule has 0 heterocycles. The molecular weight excluding hydrogens is 555 g/mol. The van der Waals surface area contributed by atoms with E-state index in [2.05, 4.69) is 183 Å². The number of hydrogen-bond donors (Lipinski definition) is 0. The molecule has 1 aliphatic rings. The summed E-state index contributed by atoms with van der Waals surface area (Å²) in [5, 5.41) is 7.53. The first kappa shape index (κ1) is 26.7. The van der Waals surface area contributed by atoms with Crippen molar-refractivity contribution in [2.45, 2.75) is 19.3 Å². The van der Waals surface area contributed by atoms with Crippen LogP contribution in [0.4, 0.5) is 17.1 Å². The van der Waals surface area contributed by atoms with Crippen LogP contribution in [0.2, 0.25) is 0 Å². The van der Waals surface area contributed by atoms with Gasteiger partial charge in [-0.1, -0.05) is 123 Å². The van der Waals surface area contributed by atoms with Crippen molar-refractivity contribution < 1.29 is 0 Å². The normalized spacial score (nSPS) is 13.2. The lowest BCUT2D eigenvalue weighted by Crippen LogP contribution is -2.15. The summed E-state index contributed by atoms with van der Waals surface area (Å²) in [5.74, 6) is 0. The Morgan fingerprint density at radius 2 is 0.913 bits per heavy atom. The Balaban J connectivity index is 1.31. The summed E-state index contributed by atoms with van der Waals surface area (Å²) in [6, 6.07) is 60.3. The molecule has 1 nitrogen and oxygen atoms in total. The van der Waals surface area contributed by atoms with E-state index in [0.717, 1.165) is 17.1 Å². The van der Waals surface area contributed by atoms with Crippen LogP contribution in [0.1, 0.15) is 25.0 Å². The third-order valence-electron chi connectivity index (χ3n) is 9.96. The van der Waals surface area contributed by atoms with Crippen molar-refractivity contribution in [3.63, 3.8) is 0 Å². The average molecular weight is 588 g/mol. The van der Waals surface area contributed by atoms with E-state index in [1.54, 1.807) is 0 Å². The van der Waals surface area contributed by atoms with E-state index >= 15 is 0 Å². The van der Waals surface area contributed by atoms with Crippen LogP contribution in [0.3, 0.4) is 0 Å². The summed E-state index contributed by atoms with van der Waals surface area (Å²) >= 11 is 0. The number of rotatable bonds is 4. The highest BCUT2D eigenvalue weighted by Gasteiger charge is 2.36. The monoisotopic (exact) mass is 587 g/mol. The van der Waals surface area contributed by atoms with Crippen LogP contribution in [0.25, 0.3) is 54.6 Å². The van der Waals surface area contributed by atoms with Gasteiger partial charge in [0.25, 0.3) is 0 Å². The molecule has 0 aliphatic heterocycles. The van der Waals surface area contributed by atoms with Crippen molar-refractivity contribution in [3.05, 3.63) is 175 Å². The first-order valence-electron chi connectivity index (χ1n) is 16.1. The zero-order chi connectivity index (χ0) is 30.8. The SMILES string of the molecule is CC1(C)c2ccc(N(c3ccccc3)c3cc4ccccc4cc3-c3ccc4ccccc4c3)cc2-c2cc3ccccc3cc21. The molecule has 0 atom stereocenters. The Bertz CT molecular complexity index is 2450. The second-order valence-electron chi connectivity index (χ2n) is 13.0. The first-order valence-corrected chi connectivity index (χ1v) is 16.1. The first-order chi connectivity index (χ1) is 22.5. The lowest BCUT2D eigenvalue weighted by Gasteiger charge is -2.29. The molecule has 0 bridgehead atoms. The minimum absolute atomic E-state index is 0.0794. The van der Waals surface area contributed by atoms with E-state index in [-0.39, 0.29) is 5.41 Å². The summed E-state index contributed by atoms with van der Waals surface area (Å²) in [7, 11) is 0. The van der Waals surface area contributed by atoms with Crippen LogP contribution < -0.4 is 4.90 Å². The van der Waals surface area contributed by atoms with Gasteiger partial charge in [-0.3, -0.25) is 0 Å². The van der Waals surface area contributed by atoms with Crippen molar-refractivity contribution in [1.29, 1.82) is 0 Å². The van der Waals surface area contributed by atoms with Gasteiger partial charge >= 0.3 is 0 Å². The summed E-state index contributed by atoms with van der Waals surface area (Å²) in [4.78, 5) is 2.45. The van der Waals surface area contributed by atoms with Gasteiger partial charge in [-0.2, -0.15) is 0 Å². The number of hydrogen-bond acceptors (Lipinski definition) is 1. The van der Waals surface area contributed by atoms with E-state index in [1.165, 1.54) is 65.7 Å². The molecule has 218 valence electrons. The molecule has 1 aliphatic carbocycles. The Hall–Kier alpha value is -5.66. The summed E-state index contributed by atoms with van der Waals surface area (Å²) < 4.78 is 0. The number of anilines is 3. The molecule has 1 heteroatoms. The van der Waals surface area contributed by atoms with Crippen molar-refractivity contribution in [2.75, 3.05) is 4.90 Å². The molecule has 8 aromatic carbocycles. The standard InChI is InChI=1S/C45H33N/c1-45(2)42-23-22-38(29-41(42)40-26-33-15-8-10-16-34(33)27-43(40)45)46(37-18-4-3-5-19-37)44-28-35-17-11-9-14-32(35)25-39(44)36-21-20-30-12-6-7-13-31(30)24-36/h3-29H,1-2H3. The topological polar surface area (TPSA) is 3.24 Å². The molecule has 0 saturated heterocycles. The molecule has 0 spiro atoms. The Morgan fingerprint density at radius 1 is 0.370 bits per heavy atom. The van der Waals surface area contributed by atoms with Gasteiger partial charge in [0, 0.05) is 22.4 Å². The third-order valence-corrected chi connectivity index (χ3v) is 9.96. The molecule has 0 fully saturated rings. The zero-order valence-corrected chi connectivity index (χ0v) is 26.0. The van der Waals surface area contributed by atoms with E-state index < -0.39 is 0 Å². The number of benzene rings is 8. The summed E-state index contributed by atoms with van der Waals surface area (Å²) in [6.45, 7) is 4.73. The summed E-state index contributed by atoms with van der Waals surface area (Å²) in [6.07, 6.45) is 0. The largest absolute Gasteiger partial charge is 0.310 e. The molecule has 0 radical (unpaired) electrons. The second kappa shape index (κ2) is 10.2. The van der Waals surface area contributed by atoms with Gasteiger partial charge in [0.05, 0.1) is 5.69 Å². The van der Waals surface area contributed by atoms with E-state index in [4.69, 9.17) is 0 Å². The molecule has 0 N–H and O–H groups in total. The van der Waals surface area contributed by atoms with Crippen molar-refractivity contribution in [1.82, 2.24) is 0 Å². The molecule has 0 unspecified atom stereocenters. The number of para-hydroxylation sites is 1. The van der Waals surface area contributed by atoms with Crippen molar-refractivity contribution in [2.24, 2.45) is 0 Å². The maximum Gasteiger partial charge on any atom is 0.0546 e. The van der Waals surface area contributed by atoms with Gasteiger partial charge in [-0.25, -0.2) is 0 Å². The quantitative estimate of drug-likeness (QED) is 0.198. The number of nitrogens with zero attached hydrogens (tertiary/aromatic N) is 1. The lowest BCUT2D eigenvalue weighted by atomic mass is 9.82. The Kier molecular flexibility index (Phi) is 5.92. The molecule has 9 rings (SSSR count).